The van der Waals surface area contributed by atoms with Crippen LogP contribution in [-0.2, 0) is 11.3 Å². The summed E-state index contributed by atoms with van der Waals surface area (Å²) < 4.78 is 0. The van der Waals surface area contributed by atoms with Crippen molar-refractivity contribution < 1.29 is 9.59 Å². The predicted molar refractivity (Wildman–Crippen MR) is 91.3 cm³/mol. The molecule has 1 aliphatic carbocycles. The van der Waals surface area contributed by atoms with Crippen LogP contribution < -0.4 is 16.0 Å². The van der Waals surface area contributed by atoms with Gasteiger partial charge >= 0.3 is 6.03 Å². The first-order chi connectivity index (χ1) is 11.1. The lowest BCUT2D eigenvalue weighted by molar-refractivity contribution is -0.121. The van der Waals surface area contributed by atoms with Gasteiger partial charge in [0.15, 0.2) is 0 Å². The standard InChI is InChI=1S/C17H24ClN3O2/c18-14-8-6-13(7-9-14)12-20-17(23)19-11-10-16(22)21-15-4-2-1-3-5-15/h6-9,15H,1-5,10-12H2,(H,21,22)(H2,19,20,23). The van der Waals surface area contributed by atoms with Gasteiger partial charge in [-0.3, -0.25) is 4.79 Å². The van der Waals surface area contributed by atoms with Gasteiger partial charge in [-0.15, -0.1) is 0 Å². The molecule has 0 unspecified atom stereocenters. The Bertz CT molecular complexity index is 513. The minimum atomic E-state index is -0.273. The molecule has 3 N–H and O–H groups in total. The van der Waals surface area contributed by atoms with Crippen molar-refractivity contribution in [3.8, 4) is 0 Å². The van der Waals surface area contributed by atoms with Gasteiger partial charge in [0.1, 0.15) is 0 Å². The zero-order valence-electron chi connectivity index (χ0n) is 13.2. The van der Waals surface area contributed by atoms with Crippen LogP contribution in [0.1, 0.15) is 44.1 Å². The third-order valence-corrected chi connectivity index (χ3v) is 4.23. The van der Waals surface area contributed by atoms with Crippen molar-refractivity contribution in [2.24, 2.45) is 0 Å². The fourth-order valence-corrected chi connectivity index (χ4v) is 2.81. The number of rotatable bonds is 6. The van der Waals surface area contributed by atoms with Gasteiger partial charge in [-0.1, -0.05) is 43.0 Å². The summed E-state index contributed by atoms with van der Waals surface area (Å²) in [4.78, 5) is 23.5. The van der Waals surface area contributed by atoms with Crippen molar-refractivity contribution in [3.05, 3.63) is 34.9 Å². The minimum Gasteiger partial charge on any atom is -0.353 e. The lowest BCUT2D eigenvalue weighted by Gasteiger charge is -2.22. The normalized spacial score (nSPS) is 15.0. The molecular formula is C17H24ClN3O2. The van der Waals surface area contributed by atoms with Gasteiger partial charge < -0.3 is 16.0 Å². The molecule has 1 saturated carbocycles. The minimum absolute atomic E-state index is 0.00917. The van der Waals surface area contributed by atoms with Crippen LogP contribution in [0.2, 0.25) is 5.02 Å². The average molecular weight is 338 g/mol. The largest absolute Gasteiger partial charge is 0.353 e. The molecule has 0 bridgehead atoms. The summed E-state index contributed by atoms with van der Waals surface area (Å²) in [6.07, 6.45) is 6.10. The quantitative estimate of drug-likeness (QED) is 0.746. The third kappa shape index (κ3) is 6.91. The van der Waals surface area contributed by atoms with E-state index in [4.69, 9.17) is 11.6 Å². The van der Waals surface area contributed by atoms with Crippen molar-refractivity contribution >= 4 is 23.5 Å². The van der Waals surface area contributed by atoms with E-state index < -0.39 is 0 Å². The number of hydrogen-bond donors (Lipinski definition) is 3. The molecule has 6 heteroatoms. The third-order valence-electron chi connectivity index (χ3n) is 3.97. The Morgan fingerprint density at radius 2 is 1.74 bits per heavy atom. The number of nitrogens with one attached hydrogen (secondary N) is 3. The topological polar surface area (TPSA) is 70.2 Å². The highest BCUT2D eigenvalue weighted by atomic mass is 35.5. The Balaban J connectivity index is 1.57. The first kappa shape index (κ1) is 17.6. The lowest BCUT2D eigenvalue weighted by Crippen LogP contribution is -2.40. The average Bonchev–Trinajstić information content (AvgIpc) is 2.55. The molecule has 0 aromatic heterocycles. The maximum atomic E-state index is 11.8. The number of carbonyl (C=O) groups is 2. The molecule has 0 radical (unpaired) electrons. The summed E-state index contributed by atoms with van der Waals surface area (Å²) in [6.45, 7) is 0.766. The second-order valence-corrected chi connectivity index (χ2v) is 6.32. The second-order valence-electron chi connectivity index (χ2n) is 5.89. The summed E-state index contributed by atoms with van der Waals surface area (Å²) in [5.41, 5.74) is 0.972. The molecule has 0 saturated heterocycles. The van der Waals surface area contributed by atoms with Crippen molar-refractivity contribution in [2.45, 2.75) is 51.1 Å². The fourth-order valence-electron chi connectivity index (χ4n) is 2.68. The predicted octanol–water partition coefficient (Wildman–Crippen LogP) is 2.98. The van der Waals surface area contributed by atoms with Gasteiger partial charge in [-0.2, -0.15) is 0 Å². The van der Waals surface area contributed by atoms with Crippen LogP contribution in [0.3, 0.4) is 0 Å². The second kappa shape index (κ2) is 9.40. The highest BCUT2D eigenvalue weighted by molar-refractivity contribution is 6.30. The maximum absolute atomic E-state index is 11.8. The first-order valence-corrected chi connectivity index (χ1v) is 8.57. The Morgan fingerprint density at radius 1 is 1.04 bits per heavy atom. The Hall–Kier alpha value is -1.75. The molecule has 0 aliphatic heterocycles. The fraction of sp³-hybridized carbons (Fsp3) is 0.529. The van der Waals surface area contributed by atoms with Crippen LogP contribution in [0, 0.1) is 0 Å². The van der Waals surface area contributed by atoms with Crippen molar-refractivity contribution in [1.82, 2.24) is 16.0 Å². The van der Waals surface area contributed by atoms with Crippen LogP contribution in [-0.4, -0.2) is 24.5 Å². The van der Waals surface area contributed by atoms with Crippen LogP contribution in [0.4, 0.5) is 4.79 Å². The van der Waals surface area contributed by atoms with E-state index in [0.717, 1.165) is 18.4 Å². The zero-order chi connectivity index (χ0) is 16.5. The monoisotopic (exact) mass is 337 g/mol. The van der Waals surface area contributed by atoms with Crippen LogP contribution >= 0.6 is 11.6 Å². The Morgan fingerprint density at radius 3 is 2.43 bits per heavy atom. The van der Waals surface area contributed by atoms with Gasteiger partial charge in [0.2, 0.25) is 5.91 Å². The van der Waals surface area contributed by atoms with E-state index in [1.165, 1.54) is 19.3 Å². The van der Waals surface area contributed by atoms with Gasteiger partial charge in [-0.05, 0) is 30.5 Å². The van der Waals surface area contributed by atoms with E-state index in [2.05, 4.69) is 16.0 Å². The molecule has 0 spiro atoms. The molecule has 0 heterocycles. The van der Waals surface area contributed by atoms with E-state index in [-0.39, 0.29) is 11.9 Å². The smallest absolute Gasteiger partial charge is 0.315 e. The van der Waals surface area contributed by atoms with Crippen LogP contribution in [0.25, 0.3) is 0 Å². The molecule has 23 heavy (non-hydrogen) atoms. The Kier molecular flexibility index (Phi) is 7.20. The van der Waals surface area contributed by atoms with E-state index in [1.54, 1.807) is 12.1 Å². The zero-order valence-corrected chi connectivity index (χ0v) is 14.0. The molecule has 1 fully saturated rings. The highest BCUT2D eigenvalue weighted by Gasteiger charge is 2.15. The number of amides is 3. The molecule has 1 aliphatic rings. The summed E-state index contributed by atoms with van der Waals surface area (Å²) >= 11 is 5.80. The van der Waals surface area contributed by atoms with Crippen molar-refractivity contribution in [2.75, 3.05) is 6.54 Å². The molecule has 2 rings (SSSR count). The van der Waals surface area contributed by atoms with Gasteiger partial charge in [0.05, 0.1) is 0 Å². The molecule has 0 atom stereocenters. The molecule has 1 aromatic carbocycles. The lowest BCUT2D eigenvalue weighted by atomic mass is 9.95. The van der Waals surface area contributed by atoms with E-state index >= 15 is 0 Å². The molecule has 3 amide bonds. The van der Waals surface area contributed by atoms with E-state index in [1.807, 2.05) is 12.1 Å². The van der Waals surface area contributed by atoms with Gasteiger partial charge in [0.25, 0.3) is 0 Å². The summed E-state index contributed by atoms with van der Waals surface area (Å²) in [6, 6.07) is 7.33. The Labute approximate surface area is 142 Å². The number of carbonyl (C=O) groups excluding carboxylic acids is 2. The van der Waals surface area contributed by atoms with Gasteiger partial charge in [0, 0.05) is 30.6 Å². The number of benzene rings is 1. The summed E-state index contributed by atoms with van der Waals surface area (Å²) in [5.74, 6) is 0.00917. The molecular weight excluding hydrogens is 314 g/mol. The van der Waals surface area contributed by atoms with Crippen molar-refractivity contribution in [1.29, 1.82) is 0 Å². The van der Waals surface area contributed by atoms with E-state index in [0.29, 0.717) is 30.6 Å². The molecule has 126 valence electrons. The molecule has 1 aromatic rings. The van der Waals surface area contributed by atoms with Crippen LogP contribution in [0.15, 0.2) is 24.3 Å². The first-order valence-electron chi connectivity index (χ1n) is 8.19. The number of urea groups is 1. The van der Waals surface area contributed by atoms with Crippen molar-refractivity contribution in [3.63, 3.8) is 0 Å². The maximum Gasteiger partial charge on any atom is 0.315 e. The van der Waals surface area contributed by atoms with E-state index in [9.17, 15) is 9.59 Å². The number of halogens is 1. The molecule has 5 nitrogen and oxygen atoms in total. The summed E-state index contributed by atoms with van der Waals surface area (Å²) in [7, 11) is 0. The van der Waals surface area contributed by atoms with Gasteiger partial charge in [-0.25, -0.2) is 4.79 Å². The number of hydrogen-bond acceptors (Lipinski definition) is 2. The van der Waals surface area contributed by atoms with Crippen LogP contribution in [0.5, 0.6) is 0 Å². The SMILES string of the molecule is O=C(CCNC(=O)NCc1ccc(Cl)cc1)NC1CCCCC1. The highest BCUT2D eigenvalue weighted by Crippen LogP contribution is 2.17. The summed E-state index contributed by atoms with van der Waals surface area (Å²) in [5, 5.41) is 9.15.